The van der Waals surface area contributed by atoms with Crippen LogP contribution in [0.5, 0.6) is 5.75 Å². The molecule has 1 rings (SSSR count). The van der Waals surface area contributed by atoms with Gasteiger partial charge in [-0.15, -0.1) is 0 Å². The zero-order valence-electron chi connectivity index (χ0n) is 8.37. The first-order chi connectivity index (χ1) is 7.11. The van der Waals surface area contributed by atoms with Crippen molar-refractivity contribution in [3.8, 4) is 5.75 Å². The van der Waals surface area contributed by atoms with E-state index in [1.807, 2.05) is 18.2 Å². The molecule has 1 unspecified atom stereocenters. The summed E-state index contributed by atoms with van der Waals surface area (Å²) in [5, 5.41) is 0.951. The van der Waals surface area contributed by atoms with Gasteiger partial charge in [-0.1, -0.05) is 35.0 Å². The highest BCUT2D eigenvalue weighted by molar-refractivity contribution is 9.09. The Bertz CT molecular complexity index is 341. The van der Waals surface area contributed by atoms with Gasteiger partial charge in [0.05, 0.1) is 0 Å². The summed E-state index contributed by atoms with van der Waals surface area (Å²) in [7, 11) is 0. The molecule has 82 valence electrons. The molecule has 0 radical (unpaired) electrons. The third-order valence-corrected chi connectivity index (χ3v) is 3.13. The second kappa shape index (κ2) is 6.13. The number of carbonyl (C=O) groups is 1. The molecule has 0 bridgehead atoms. The number of hydrogen-bond acceptors (Lipinski definition) is 2. The fraction of sp³-hybridized carbons (Fsp3) is 0.364. The van der Waals surface area contributed by atoms with E-state index < -0.39 is 5.43 Å². The Morgan fingerprint density at radius 3 is 2.93 bits per heavy atom. The van der Waals surface area contributed by atoms with Crippen LogP contribution in [0.4, 0.5) is 4.79 Å². The maximum atomic E-state index is 10.5. The van der Waals surface area contributed by atoms with Crippen molar-refractivity contribution in [2.45, 2.75) is 13.3 Å². The summed E-state index contributed by atoms with van der Waals surface area (Å²) in [5.74, 6) is 1.04. The lowest BCUT2D eigenvalue weighted by molar-refractivity contribution is 0.225. The molecule has 2 nitrogen and oxygen atoms in total. The van der Waals surface area contributed by atoms with Crippen molar-refractivity contribution < 1.29 is 9.53 Å². The van der Waals surface area contributed by atoms with Gasteiger partial charge in [-0.3, -0.25) is 0 Å². The molecule has 0 aliphatic heterocycles. The standard InChI is InChI=1S/C11H12BrClO2/c1-8(7-12)5-9-3-2-4-10(6-9)15-11(13)14/h2-4,6,8H,5,7H2,1H3. The molecule has 0 aliphatic rings. The number of carbonyl (C=O) groups excluding carboxylic acids is 1. The largest absolute Gasteiger partial charge is 0.414 e. The Balaban J connectivity index is 2.69. The van der Waals surface area contributed by atoms with E-state index in [1.54, 1.807) is 6.07 Å². The fourth-order valence-corrected chi connectivity index (χ4v) is 1.60. The highest BCUT2D eigenvalue weighted by Crippen LogP contribution is 2.17. The Kier molecular flexibility index (Phi) is 5.12. The number of ether oxygens (including phenoxy) is 1. The van der Waals surface area contributed by atoms with Crippen LogP contribution < -0.4 is 4.74 Å². The summed E-state index contributed by atoms with van der Waals surface area (Å²) in [6.45, 7) is 2.15. The molecule has 4 heteroatoms. The minimum Gasteiger partial charge on any atom is -0.414 e. The zero-order valence-corrected chi connectivity index (χ0v) is 10.7. The topological polar surface area (TPSA) is 26.3 Å². The Hall–Kier alpha value is -0.540. The van der Waals surface area contributed by atoms with Crippen LogP contribution in [0.2, 0.25) is 0 Å². The van der Waals surface area contributed by atoms with Gasteiger partial charge >= 0.3 is 5.43 Å². The normalized spacial score (nSPS) is 12.2. The van der Waals surface area contributed by atoms with Gasteiger partial charge in [0.1, 0.15) is 5.75 Å². The summed E-state index contributed by atoms with van der Waals surface area (Å²) >= 11 is 8.55. The van der Waals surface area contributed by atoms with Crippen molar-refractivity contribution in [1.82, 2.24) is 0 Å². The van der Waals surface area contributed by atoms with Crippen LogP contribution >= 0.6 is 27.5 Å². The molecule has 0 saturated heterocycles. The van der Waals surface area contributed by atoms with Crippen LogP contribution in [0.1, 0.15) is 12.5 Å². The Morgan fingerprint density at radius 2 is 2.33 bits per heavy atom. The van der Waals surface area contributed by atoms with E-state index in [9.17, 15) is 4.79 Å². The van der Waals surface area contributed by atoms with Gasteiger partial charge in [-0.2, -0.15) is 0 Å². The molecule has 0 spiro atoms. The molecule has 1 aromatic rings. The van der Waals surface area contributed by atoms with Gasteiger partial charge in [0, 0.05) is 16.9 Å². The molecule has 0 amide bonds. The summed E-state index contributed by atoms with van der Waals surface area (Å²) in [4.78, 5) is 10.5. The van der Waals surface area contributed by atoms with Crippen LogP contribution in [0.15, 0.2) is 24.3 Å². The lowest BCUT2D eigenvalue weighted by Gasteiger charge is -2.08. The lowest BCUT2D eigenvalue weighted by Crippen LogP contribution is -2.01. The monoisotopic (exact) mass is 290 g/mol. The molecule has 0 aliphatic carbocycles. The first kappa shape index (κ1) is 12.5. The van der Waals surface area contributed by atoms with Gasteiger partial charge in [-0.25, -0.2) is 4.79 Å². The van der Waals surface area contributed by atoms with E-state index in [2.05, 4.69) is 22.9 Å². The second-order valence-corrected chi connectivity index (χ2v) is 4.41. The predicted octanol–water partition coefficient (Wildman–Crippen LogP) is 4.00. The van der Waals surface area contributed by atoms with Crippen LogP contribution in [0.25, 0.3) is 0 Å². The van der Waals surface area contributed by atoms with E-state index in [1.165, 1.54) is 0 Å². The third-order valence-electron chi connectivity index (χ3n) is 1.94. The van der Waals surface area contributed by atoms with Crippen molar-refractivity contribution in [3.05, 3.63) is 29.8 Å². The van der Waals surface area contributed by atoms with Crippen molar-refractivity contribution in [2.24, 2.45) is 5.92 Å². The summed E-state index contributed by atoms with van der Waals surface area (Å²) in [6.07, 6.45) is 0.943. The molecule has 0 N–H and O–H groups in total. The zero-order chi connectivity index (χ0) is 11.3. The predicted molar refractivity (Wildman–Crippen MR) is 65.0 cm³/mol. The van der Waals surface area contributed by atoms with E-state index >= 15 is 0 Å². The third kappa shape index (κ3) is 4.67. The number of halogens is 2. The van der Waals surface area contributed by atoms with Crippen molar-refractivity contribution in [3.63, 3.8) is 0 Å². The SMILES string of the molecule is CC(CBr)Cc1cccc(OC(=O)Cl)c1. The Labute approximate surface area is 103 Å². The average Bonchev–Trinajstić information content (AvgIpc) is 2.17. The molecule has 1 atom stereocenters. The average molecular weight is 292 g/mol. The highest BCUT2D eigenvalue weighted by Gasteiger charge is 2.04. The fourth-order valence-electron chi connectivity index (χ4n) is 1.29. The summed E-state index contributed by atoms with van der Waals surface area (Å²) in [5.41, 5.74) is 0.332. The van der Waals surface area contributed by atoms with E-state index in [0.717, 1.165) is 17.3 Å². The molecule has 0 saturated carbocycles. The van der Waals surface area contributed by atoms with Crippen LogP contribution in [0.3, 0.4) is 0 Å². The first-order valence-electron chi connectivity index (χ1n) is 4.64. The number of benzene rings is 1. The quantitative estimate of drug-likeness (QED) is 0.619. The molecule has 0 aromatic heterocycles. The molecule has 1 aromatic carbocycles. The Morgan fingerprint density at radius 1 is 1.60 bits per heavy atom. The molecular weight excluding hydrogens is 279 g/mol. The van der Waals surface area contributed by atoms with Gasteiger partial charge in [0.2, 0.25) is 0 Å². The lowest BCUT2D eigenvalue weighted by atomic mass is 10.0. The second-order valence-electron chi connectivity index (χ2n) is 3.45. The molecular formula is C11H12BrClO2. The minimum absolute atomic E-state index is 0.495. The number of alkyl halides is 1. The molecule has 0 heterocycles. The van der Waals surface area contributed by atoms with Gasteiger partial charge < -0.3 is 4.74 Å². The number of hydrogen-bond donors (Lipinski definition) is 0. The first-order valence-corrected chi connectivity index (χ1v) is 6.14. The van der Waals surface area contributed by atoms with Gasteiger partial charge in [0.25, 0.3) is 0 Å². The number of rotatable bonds is 4. The maximum absolute atomic E-state index is 10.5. The highest BCUT2D eigenvalue weighted by atomic mass is 79.9. The van der Waals surface area contributed by atoms with Gasteiger partial charge in [-0.05, 0) is 30.0 Å². The van der Waals surface area contributed by atoms with Crippen LogP contribution in [-0.2, 0) is 6.42 Å². The van der Waals surface area contributed by atoms with Crippen LogP contribution in [0, 0.1) is 5.92 Å². The maximum Gasteiger partial charge on any atom is 0.409 e. The van der Waals surface area contributed by atoms with Crippen molar-refractivity contribution in [1.29, 1.82) is 0 Å². The summed E-state index contributed by atoms with van der Waals surface area (Å²) < 4.78 is 4.78. The van der Waals surface area contributed by atoms with E-state index in [-0.39, 0.29) is 0 Å². The molecule has 15 heavy (non-hydrogen) atoms. The minimum atomic E-state index is -0.805. The van der Waals surface area contributed by atoms with E-state index in [0.29, 0.717) is 11.7 Å². The van der Waals surface area contributed by atoms with Crippen LogP contribution in [-0.4, -0.2) is 10.8 Å². The molecule has 0 fully saturated rings. The van der Waals surface area contributed by atoms with Crippen molar-refractivity contribution >= 4 is 33.0 Å². The van der Waals surface area contributed by atoms with E-state index in [4.69, 9.17) is 16.3 Å². The smallest absolute Gasteiger partial charge is 0.409 e. The van der Waals surface area contributed by atoms with Gasteiger partial charge in [0.15, 0.2) is 0 Å². The summed E-state index contributed by atoms with van der Waals surface area (Å²) in [6, 6.07) is 7.40. The van der Waals surface area contributed by atoms with Crippen molar-refractivity contribution in [2.75, 3.05) is 5.33 Å².